The van der Waals surface area contributed by atoms with Gasteiger partial charge in [-0.15, -0.1) is 0 Å². The summed E-state index contributed by atoms with van der Waals surface area (Å²) in [6, 6.07) is -0.124. The summed E-state index contributed by atoms with van der Waals surface area (Å²) >= 11 is 0. The number of unbranched alkanes of at least 4 members (excludes halogenated alkanes) is 1. The molecule has 3 heteroatoms. The van der Waals surface area contributed by atoms with Gasteiger partial charge in [0.15, 0.2) is 0 Å². The largest absolute Gasteiger partial charge is 0.395 e. The summed E-state index contributed by atoms with van der Waals surface area (Å²) in [5, 5.41) is 8.73. The van der Waals surface area contributed by atoms with E-state index in [9.17, 15) is 0 Å². The summed E-state index contributed by atoms with van der Waals surface area (Å²) in [6.07, 6.45) is 5.75. The van der Waals surface area contributed by atoms with E-state index in [0.717, 1.165) is 13.0 Å². The van der Waals surface area contributed by atoms with E-state index in [1.54, 1.807) is 0 Å². The lowest BCUT2D eigenvalue weighted by atomic mass is 10.0. The quantitative estimate of drug-likeness (QED) is 0.550. The van der Waals surface area contributed by atoms with Crippen LogP contribution in [0.15, 0.2) is 0 Å². The molecule has 3 N–H and O–H groups in total. The Kier molecular flexibility index (Phi) is 10.3. The van der Waals surface area contributed by atoms with Crippen molar-refractivity contribution in [1.82, 2.24) is 0 Å². The lowest BCUT2D eigenvalue weighted by Gasteiger charge is -2.15. The fourth-order valence-electron chi connectivity index (χ4n) is 1.47. The van der Waals surface area contributed by atoms with Crippen LogP contribution in [0.25, 0.3) is 0 Å². The van der Waals surface area contributed by atoms with Crippen molar-refractivity contribution in [2.24, 2.45) is 11.7 Å². The average Bonchev–Trinajstić information content (AvgIpc) is 2.27. The number of nitrogens with two attached hydrogens (primary N) is 1. The Hall–Kier alpha value is -0.120. The molecule has 0 aromatic rings. The molecular formula is C12H27NO2. The van der Waals surface area contributed by atoms with Crippen LogP contribution in [0.3, 0.4) is 0 Å². The van der Waals surface area contributed by atoms with Crippen LogP contribution in [0.4, 0.5) is 0 Å². The van der Waals surface area contributed by atoms with E-state index in [-0.39, 0.29) is 12.6 Å². The molecule has 0 aliphatic heterocycles. The fourth-order valence-corrected chi connectivity index (χ4v) is 1.47. The molecule has 0 aliphatic rings. The molecule has 2 atom stereocenters. The van der Waals surface area contributed by atoms with Crippen LogP contribution in [-0.4, -0.2) is 31.0 Å². The van der Waals surface area contributed by atoms with Gasteiger partial charge in [0.05, 0.1) is 6.61 Å². The minimum Gasteiger partial charge on any atom is -0.395 e. The molecule has 0 aromatic heterocycles. The second kappa shape index (κ2) is 10.4. The van der Waals surface area contributed by atoms with Gasteiger partial charge in [0, 0.05) is 19.3 Å². The number of hydrogen-bond acceptors (Lipinski definition) is 3. The molecule has 0 rings (SSSR count). The number of ether oxygens (including phenoxy) is 1. The average molecular weight is 217 g/mol. The monoisotopic (exact) mass is 217 g/mol. The molecule has 0 saturated carbocycles. The molecule has 0 heterocycles. The third kappa shape index (κ3) is 8.85. The number of aliphatic hydroxyl groups excluding tert-OH is 1. The van der Waals surface area contributed by atoms with Gasteiger partial charge in [-0.05, 0) is 18.8 Å². The molecular weight excluding hydrogens is 190 g/mol. The van der Waals surface area contributed by atoms with Crippen LogP contribution in [-0.2, 0) is 4.74 Å². The number of aliphatic hydroxyl groups is 1. The van der Waals surface area contributed by atoms with Crippen LogP contribution in [0.2, 0.25) is 0 Å². The first-order valence-electron chi connectivity index (χ1n) is 6.18. The summed E-state index contributed by atoms with van der Waals surface area (Å²) in [7, 11) is 0. The van der Waals surface area contributed by atoms with E-state index in [1.165, 1.54) is 25.7 Å². The standard InChI is InChI=1S/C12H27NO2/c1-3-5-6-11(4-2)10-15-8-7-12(13)9-14/h11-12,14H,3-10,13H2,1-2H3. The Labute approximate surface area is 94.0 Å². The Bertz CT molecular complexity index is 131. The molecule has 0 aromatic carbocycles. The molecule has 15 heavy (non-hydrogen) atoms. The molecule has 0 spiro atoms. The highest BCUT2D eigenvalue weighted by atomic mass is 16.5. The fraction of sp³-hybridized carbons (Fsp3) is 1.00. The van der Waals surface area contributed by atoms with E-state index in [1.807, 2.05) is 0 Å². The topological polar surface area (TPSA) is 55.5 Å². The van der Waals surface area contributed by atoms with Crippen molar-refractivity contribution in [3.05, 3.63) is 0 Å². The van der Waals surface area contributed by atoms with Gasteiger partial charge < -0.3 is 15.6 Å². The van der Waals surface area contributed by atoms with Crippen LogP contribution >= 0.6 is 0 Å². The predicted octanol–water partition coefficient (Wildman–Crippen LogP) is 1.93. The molecule has 0 radical (unpaired) electrons. The Morgan fingerprint density at radius 3 is 2.53 bits per heavy atom. The molecule has 0 amide bonds. The zero-order chi connectivity index (χ0) is 11.5. The van der Waals surface area contributed by atoms with E-state index in [0.29, 0.717) is 12.5 Å². The van der Waals surface area contributed by atoms with Crippen LogP contribution in [0.1, 0.15) is 46.0 Å². The minimum absolute atomic E-state index is 0.0520. The van der Waals surface area contributed by atoms with Crippen molar-refractivity contribution in [2.45, 2.75) is 52.0 Å². The highest BCUT2D eigenvalue weighted by molar-refractivity contribution is 4.59. The van der Waals surface area contributed by atoms with Gasteiger partial charge in [0.2, 0.25) is 0 Å². The minimum atomic E-state index is -0.124. The smallest absolute Gasteiger partial charge is 0.0583 e. The molecule has 2 unspecified atom stereocenters. The molecule has 0 fully saturated rings. The van der Waals surface area contributed by atoms with Crippen LogP contribution in [0.5, 0.6) is 0 Å². The molecule has 0 saturated heterocycles. The molecule has 0 aliphatic carbocycles. The van der Waals surface area contributed by atoms with Crippen molar-refractivity contribution in [1.29, 1.82) is 0 Å². The third-order valence-corrected chi connectivity index (χ3v) is 2.76. The van der Waals surface area contributed by atoms with Gasteiger partial charge in [-0.2, -0.15) is 0 Å². The number of hydrogen-bond donors (Lipinski definition) is 2. The lowest BCUT2D eigenvalue weighted by Crippen LogP contribution is -2.26. The van der Waals surface area contributed by atoms with E-state index in [4.69, 9.17) is 15.6 Å². The molecule has 0 bridgehead atoms. The first kappa shape index (κ1) is 14.9. The summed E-state index contributed by atoms with van der Waals surface area (Å²) in [5.41, 5.74) is 5.57. The summed E-state index contributed by atoms with van der Waals surface area (Å²) in [5.74, 6) is 0.690. The van der Waals surface area contributed by atoms with Crippen LogP contribution < -0.4 is 5.73 Å². The number of rotatable bonds is 10. The zero-order valence-electron chi connectivity index (χ0n) is 10.2. The Morgan fingerprint density at radius 1 is 1.27 bits per heavy atom. The molecule has 3 nitrogen and oxygen atoms in total. The summed E-state index contributed by atoms with van der Waals surface area (Å²) < 4.78 is 5.57. The second-order valence-electron chi connectivity index (χ2n) is 4.22. The van der Waals surface area contributed by atoms with E-state index < -0.39 is 0 Å². The maximum absolute atomic E-state index is 8.73. The van der Waals surface area contributed by atoms with Crippen molar-refractivity contribution in [3.8, 4) is 0 Å². The lowest BCUT2D eigenvalue weighted by molar-refractivity contribution is 0.0844. The van der Waals surface area contributed by atoms with E-state index in [2.05, 4.69) is 13.8 Å². The van der Waals surface area contributed by atoms with Crippen molar-refractivity contribution in [2.75, 3.05) is 19.8 Å². The summed E-state index contributed by atoms with van der Waals surface area (Å²) in [4.78, 5) is 0. The van der Waals surface area contributed by atoms with Crippen molar-refractivity contribution in [3.63, 3.8) is 0 Å². The van der Waals surface area contributed by atoms with Gasteiger partial charge in [0.1, 0.15) is 0 Å². The van der Waals surface area contributed by atoms with E-state index >= 15 is 0 Å². The van der Waals surface area contributed by atoms with Crippen LogP contribution in [0, 0.1) is 5.92 Å². The third-order valence-electron chi connectivity index (χ3n) is 2.76. The van der Waals surface area contributed by atoms with Gasteiger partial charge >= 0.3 is 0 Å². The van der Waals surface area contributed by atoms with Gasteiger partial charge in [-0.25, -0.2) is 0 Å². The zero-order valence-corrected chi connectivity index (χ0v) is 10.2. The SMILES string of the molecule is CCCCC(CC)COCCC(N)CO. The van der Waals surface area contributed by atoms with Crippen molar-refractivity contribution < 1.29 is 9.84 Å². The highest BCUT2D eigenvalue weighted by Gasteiger charge is 2.06. The summed E-state index contributed by atoms with van der Waals surface area (Å²) in [6.45, 7) is 5.99. The molecule has 92 valence electrons. The van der Waals surface area contributed by atoms with Gasteiger partial charge in [0.25, 0.3) is 0 Å². The first-order chi connectivity index (χ1) is 7.24. The second-order valence-corrected chi connectivity index (χ2v) is 4.22. The normalized spacial score (nSPS) is 15.2. The van der Waals surface area contributed by atoms with Gasteiger partial charge in [-0.3, -0.25) is 0 Å². The highest BCUT2D eigenvalue weighted by Crippen LogP contribution is 2.12. The first-order valence-corrected chi connectivity index (χ1v) is 6.18. The Morgan fingerprint density at radius 2 is 2.00 bits per heavy atom. The Balaban J connectivity index is 3.37. The predicted molar refractivity (Wildman–Crippen MR) is 63.8 cm³/mol. The van der Waals surface area contributed by atoms with Crippen molar-refractivity contribution >= 4 is 0 Å². The maximum Gasteiger partial charge on any atom is 0.0583 e. The van der Waals surface area contributed by atoms with Gasteiger partial charge in [-0.1, -0.05) is 33.1 Å². The maximum atomic E-state index is 8.73.